The minimum absolute atomic E-state index is 0.0108. The highest BCUT2D eigenvalue weighted by Gasteiger charge is 2.07. The molecule has 0 radical (unpaired) electrons. The number of benzene rings is 1. The van der Waals surface area contributed by atoms with Gasteiger partial charge in [0.1, 0.15) is 5.76 Å². The van der Waals surface area contributed by atoms with Crippen molar-refractivity contribution in [3.63, 3.8) is 0 Å². The lowest BCUT2D eigenvalue weighted by Crippen LogP contribution is -2.45. The zero-order valence-electron chi connectivity index (χ0n) is 14.6. The molecule has 25 heavy (non-hydrogen) atoms. The Morgan fingerprint density at radius 3 is 2.76 bits per heavy atom. The van der Waals surface area contributed by atoms with E-state index in [1.807, 2.05) is 37.3 Å². The van der Waals surface area contributed by atoms with E-state index in [4.69, 9.17) is 4.42 Å². The first-order valence-corrected chi connectivity index (χ1v) is 9.66. The second-order valence-corrected chi connectivity index (χ2v) is 6.75. The van der Waals surface area contributed by atoms with Crippen LogP contribution in [0.1, 0.15) is 19.1 Å². The molecule has 0 amide bonds. The Labute approximate surface area is 153 Å². The van der Waals surface area contributed by atoms with Crippen LogP contribution in [-0.2, 0) is 6.42 Å². The molecule has 2 aromatic rings. The smallest absolute Gasteiger partial charge is 0.191 e. The first kappa shape index (κ1) is 19.4. The number of aliphatic imine (C=N–C) groups is 1. The Hall–Kier alpha value is -1.92. The van der Waals surface area contributed by atoms with Gasteiger partial charge in [0.25, 0.3) is 0 Å². The van der Waals surface area contributed by atoms with E-state index < -0.39 is 0 Å². The highest BCUT2D eigenvalue weighted by Crippen LogP contribution is 2.15. The quantitative estimate of drug-likeness (QED) is 0.263. The van der Waals surface area contributed by atoms with E-state index in [1.165, 1.54) is 4.90 Å². The molecule has 1 atom stereocenters. The lowest BCUT2D eigenvalue weighted by atomic mass is 10.2. The molecule has 1 aromatic carbocycles. The van der Waals surface area contributed by atoms with Crippen molar-refractivity contribution in [1.29, 1.82) is 0 Å². The van der Waals surface area contributed by atoms with Crippen LogP contribution in [0.2, 0.25) is 0 Å². The Morgan fingerprint density at radius 2 is 2.08 bits per heavy atom. The second kappa shape index (κ2) is 11.6. The van der Waals surface area contributed by atoms with E-state index in [-0.39, 0.29) is 12.6 Å². The summed E-state index contributed by atoms with van der Waals surface area (Å²) >= 11 is 1.81. The van der Waals surface area contributed by atoms with Crippen LogP contribution >= 0.6 is 11.8 Å². The van der Waals surface area contributed by atoms with Gasteiger partial charge in [-0.25, -0.2) is 0 Å². The van der Waals surface area contributed by atoms with Gasteiger partial charge < -0.3 is 20.2 Å². The summed E-state index contributed by atoms with van der Waals surface area (Å²) < 4.78 is 5.33. The third-order valence-electron chi connectivity index (χ3n) is 3.67. The summed E-state index contributed by atoms with van der Waals surface area (Å²) in [5.74, 6) is 2.61. The van der Waals surface area contributed by atoms with E-state index in [2.05, 4.69) is 27.8 Å². The molecular weight excluding hydrogens is 334 g/mol. The van der Waals surface area contributed by atoms with Gasteiger partial charge in [-0.1, -0.05) is 25.1 Å². The van der Waals surface area contributed by atoms with E-state index in [1.54, 1.807) is 18.0 Å². The first-order valence-electron chi connectivity index (χ1n) is 8.67. The number of rotatable bonds is 10. The summed E-state index contributed by atoms with van der Waals surface area (Å²) in [6.07, 6.45) is 3.28. The summed E-state index contributed by atoms with van der Waals surface area (Å²) in [6.45, 7) is 3.57. The largest absolute Gasteiger partial charge is 0.469 e. The Morgan fingerprint density at radius 1 is 1.24 bits per heavy atom. The fourth-order valence-electron chi connectivity index (χ4n) is 2.21. The third kappa shape index (κ3) is 7.67. The van der Waals surface area contributed by atoms with Crippen LogP contribution in [0.5, 0.6) is 0 Å². The van der Waals surface area contributed by atoms with Crippen LogP contribution in [0, 0.1) is 0 Å². The predicted octanol–water partition coefficient (Wildman–Crippen LogP) is 2.92. The minimum atomic E-state index is 0.0108. The molecule has 0 unspecified atom stereocenters. The number of hydrogen-bond acceptors (Lipinski definition) is 4. The molecule has 1 heterocycles. The second-order valence-electron chi connectivity index (χ2n) is 5.58. The number of hydrogen-bond donors (Lipinski definition) is 3. The number of aliphatic hydroxyl groups excluding tert-OH is 1. The number of nitrogens with zero attached hydrogens (tertiary/aromatic N) is 1. The maximum Gasteiger partial charge on any atom is 0.191 e. The van der Waals surface area contributed by atoms with Gasteiger partial charge in [0.05, 0.1) is 18.9 Å². The van der Waals surface area contributed by atoms with E-state index in [0.717, 1.165) is 36.9 Å². The van der Waals surface area contributed by atoms with Crippen molar-refractivity contribution in [3.8, 4) is 0 Å². The van der Waals surface area contributed by atoms with E-state index in [0.29, 0.717) is 6.54 Å². The molecule has 6 heteroatoms. The standard InChI is InChI=1S/C19H27N3O2S/c1-2-16(15-23)22-19(20-11-10-17-7-6-13-24-17)21-12-14-25-18-8-4-3-5-9-18/h3-9,13,16,23H,2,10-12,14-15H2,1H3,(H2,20,21,22)/t16-/m1/s1. The van der Waals surface area contributed by atoms with Gasteiger partial charge >= 0.3 is 0 Å². The summed E-state index contributed by atoms with van der Waals surface area (Å²) in [6, 6.07) is 14.2. The van der Waals surface area contributed by atoms with Crippen LogP contribution in [0.25, 0.3) is 0 Å². The molecule has 5 nitrogen and oxygen atoms in total. The topological polar surface area (TPSA) is 69.8 Å². The van der Waals surface area contributed by atoms with Crippen molar-refractivity contribution in [2.24, 2.45) is 4.99 Å². The van der Waals surface area contributed by atoms with Gasteiger partial charge in [-0.2, -0.15) is 0 Å². The van der Waals surface area contributed by atoms with Crippen LogP contribution in [0.3, 0.4) is 0 Å². The molecule has 0 aliphatic heterocycles. The predicted molar refractivity (Wildman–Crippen MR) is 104 cm³/mol. The maximum atomic E-state index is 9.41. The van der Waals surface area contributed by atoms with Gasteiger partial charge in [0.2, 0.25) is 0 Å². The van der Waals surface area contributed by atoms with Crippen molar-refractivity contribution in [2.45, 2.75) is 30.7 Å². The molecule has 1 aromatic heterocycles. The number of aliphatic hydroxyl groups is 1. The average Bonchev–Trinajstić information content (AvgIpc) is 3.17. The van der Waals surface area contributed by atoms with Crippen LogP contribution in [-0.4, -0.2) is 42.6 Å². The maximum absolute atomic E-state index is 9.41. The molecule has 0 saturated heterocycles. The van der Waals surface area contributed by atoms with Crippen molar-refractivity contribution in [1.82, 2.24) is 10.6 Å². The lowest BCUT2D eigenvalue weighted by molar-refractivity contribution is 0.252. The molecule has 0 aliphatic carbocycles. The molecule has 0 saturated carbocycles. The summed E-state index contributed by atoms with van der Waals surface area (Å²) in [7, 11) is 0. The fourth-order valence-corrected chi connectivity index (χ4v) is 3.00. The molecule has 0 spiro atoms. The Balaban J connectivity index is 1.80. The van der Waals surface area contributed by atoms with Gasteiger partial charge in [-0.15, -0.1) is 11.8 Å². The molecule has 0 aliphatic rings. The number of furan rings is 1. The molecule has 0 bridgehead atoms. The zero-order chi connectivity index (χ0) is 17.7. The lowest BCUT2D eigenvalue weighted by Gasteiger charge is -2.18. The molecule has 2 rings (SSSR count). The molecular formula is C19H27N3O2S. The third-order valence-corrected chi connectivity index (χ3v) is 4.68. The Bertz CT molecular complexity index is 598. The number of thioether (sulfide) groups is 1. The normalized spacial score (nSPS) is 12.8. The summed E-state index contributed by atoms with van der Waals surface area (Å²) in [4.78, 5) is 5.85. The average molecular weight is 362 g/mol. The summed E-state index contributed by atoms with van der Waals surface area (Å²) in [5.41, 5.74) is 0. The van der Waals surface area contributed by atoms with Crippen LogP contribution in [0.15, 0.2) is 63.0 Å². The number of nitrogens with one attached hydrogen (secondary N) is 2. The molecule has 0 fully saturated rings. The monoisotopic (exact) mass is 361 g/mol. The van der Waals surface area contributed by atoms with Gasteiger partial charge in [0.15, 0.2) is 5.96 Å². The van der Waals surface area contributed by atoms with E-state index >= 15 is 0 Å². The van der Waals surface area contributed by atoms with Crippen molar-refractivity contribution in [3.05, 3.63) is 54.5 Å². The first-order chi connectivity index (χ1) is 12.3. The van der Waals surface area contributed by atoms with Gasteiger partial charge in [-0.3, -0.25) is 4.99 Å². The Kier molecular flexibility index (Phi) is 9.01. The van der Waals surface area contributed by atoms with Crippen molar-refractivity contribution >= 4 is 17.7 Å². The zero-order valence-corrected chi connectivity index (χ0v) is 15.5. The molecule has 136 valence electrons. The fraction of sp³-hybridized carbons (Fsp3) is 0.421. The van der Waals surface area contributed by atoms with Gasteiger partial charge in [-0.05, 0) is 30.7 Å². The highest BCUT2D eigenvalue weighted by molar-refractivity contribution is 7.99. The van der Waals surface area contributed by atoms with Crippen LogP contribution in [0.4, 0.5) is 0 Å². The van der Waals surface area contributed by atoms with Crippen molar-refractivity contribution in [2.75, 3.05) is 25.4 Å². The highest BCUT2D eigenvalue weighted by atomic mass is 32.2. The number of guanidine groups is 1. The van der Waals surface area contributed by atoms with Gasteiger partial charge in [0, 0.05) is 30.2 Å². The minimum Gasteiger partial charge on any atom is -0.469 e. The van der Waals surface area contributed by atoms with Crippen molar-refractivity contribution < 1.29 is 9.52 Å². The van der Waals surface area contributed by atoms with Crippen LogP contribution < -0.4 is 10.6 Å². The SMILES string of the molecule is CC[C@H](CO)NC(=NCCc1ccco1)NCCSc1ccccc1. The van der Waals surface area contributed by atoms with E-state index in [9.17, 15) is 5.11 Å². The summed E-state index contributed by atoms with van der Waals surface area (Å²) in [5, 5.41) is 16.0. The molecule has 3 N–H and O–H groups in total.